The highest BCUT2D eigenvalue weighted by Gasteiger charge is 2.27. The maximum Gasteiger partial charge on any atom is 0.411 e. The standard InChI is InChI=1S/C14H19F4NO2/c1-10(2)6-19-7-11-3-4-13(12(15)5-11)21-9-20-8-14(16,17)18/h3-5,10,19H,6-9H2,1-2H3. The topological polar surface area (TPSA) is 30.5 Å². The second-order valence-electron chi connectivity index (χ2n) is 5.02. The average molecular weight is 309 g/mol. The zero-order valence-electron chi connectivity index (χ0n) is 12.0. The number of benzene rings is 1. The third-order valence-electron chi connectivity index (χ3n) is 2.44. The number of alkyl halides is 3. The van der Waals surface area contributed by atoms with Gasteiger partial charge in [-0.3, -0.25) is 0 Å². The monoisotopic (exact) mass is 309 g/mol. The fourth-order valence-corrected chi connectivity index (χ4v) is 1.54. The highest BCUT2D eigenvalue weighted by atomic mass is 19.4. The maximum absolute atomic E-state index is 13.7. The van der Waals surface area contributed by atoms with Gasteiger partial charge in [-0.1, -0.05) is 19.9 Å². The van der Waals surface area contributed by atoms with E-state index in [1.807, 2.05) is 0 Å². The van der Waals surface area contributed by atoms with E-state index >= 15 is 0 Å². The van der Waals surface area contributed by atoms with Gasteiger partial charge >= 0.3 is 6.18 Å². The molecule has 0 radical (unpaired) electrons. The molecule has 0 heterocycles. The summed E-state index contributed by atoms with van der Waals surface area (Å²) in [6.45, 7) is 3.37. The van der Waals surface area contributed by atoms with E-state index in [9.17, 15) is 17.6 Å². The van der Waals surface area contributed by atoms with Gasteiger partial charge in [0, 0.05) is 6.54 Å². The molecule has 1 N–H and O–H groups in total. The molecule has 0 spiro atoms. The smallest absolute Gasteiger partial charge is 0.411 e. The summed E-state index contributed by atoms with van der Waals surface area (Å²) in [4.78, 5) is 0. The molecule has 0 fully saturated rings. The summed E-state index contributed by atoms with van der Waals surface area (Å²) in [6, 6.07) is 4.31. The van der Waals surface area contributed by atoms with E-state index in [0.717, 1.165) is 12.1 Å². The fourth-order valence-electron chi connectivity index (χ4n) is 1.54. The first kappa shape index (κ1) is 17.7. The van der Waals surface area contributed by atoms with Crippen LogP contribution in [0.1, 0.15) is 19.4 Å². The molecule has 0 aliphatic carbocycles. The van der Waals surface area contributed by atoms with Crippen molar-refractivity contribution in [3.63, 3.8) is 0 Å². The second-order valence-corrected chi connectivity index (χ2v) is 5.02. The van der Waals surface area contributed by atoms with Crippen molar-refractivity contribution >= 4 is 0 Å². The van der Waals surface area contributed by atoms with Gasteiger partial charge in [0.1, 0.15) is 6.61 Å². The van der Waals surface area contributed by atoms with Gasteiger partial charge < -0.3 is 14.8 Å². The van der Waals surface area contributed by atoms with Crippen molar-refractivity contribution in [1.82, 2.24) is 5.32 Å². The Morgan fingerprint density at radius 3 is 2.52 bits per heavy atom. The van der Waals surface area contributed by atoms with Crippen molar-refractivity contribution < 1.29 is 27.0 Å². The minimum atomic E-state index is -4.42. The molecule has 0 bridgehead atoms. The largest absolute Gasteiger partial charge is 0.464 e. The summed E-state index contributed by atoms with van der Waals surface area (Å²) in [5, 5.41) is 3.16. The predicted octanol–water partition coefficient (Wildman–Crippen LogP) is 3.49. The lowest BCUT2D eigenvalue weighted by Gasteiger charge is -2.11. The maximum atomic E-state index is 13.7. The van der Waals surface area contributed by atoms with Crippen LogP contribution in [-0.4, -0.2) is 26.1 Å². The summed E-state index contributed by atoms with van der Waals surface area (Å²) in [5.41, 5.74) is 0.733. The second kappa shape index (κ2) is 8.19. The molecule has 0 unspecified atom stereocenters. The Kier molecular flexibility index (Phi) is 6.91. The van der Waals surface area contributed by atoms with Gasteiger partial charge in [0.25, 0.3) is 0 Å². The average Bonchev–Trinajstić information content (AvgIpc) is 2.35. The van der Waals surface area contributed by atoms with E-state index in [2.05, 4.69) is 23.9 Å². The SMILES string of the molecule is CC(C)CNCc1ccc(OCOCC(F)(F)F)c(F)c1. The first-order valence-corrected chi connectivity index (χ1v) is 6.54. The molecule has 0 atom stereocenters. The number of nitrogens with one attached hydrogen (secondary N) is 1. The number of hydrogen-bond donors (Lipinski definition) is 1. The highest BCUT2D eigenvalue weighted by molar-refractivity contribution is 5.29. The summed E-state index contributed by atoms with van der Waals surface area (Å²) < 4.78 is 58.2. The van der Waals surface area contributed by atoms with Crippen LogP contribution in [0.3, 0.4) is 0 Å². The Morgan fingerprint density at radius 2 is 1.95 bits per heavy atom. The quantitative estimate of drug-likeness (QED) is 0.453. The summed E-state index contributed by atoms with van der Waals surface area (Å²) >= 11 is 0. The summed E-state index contributed by atoms with van der Waals surface area (Å²) in [5.74, 6) is -0.275. The molecule has 3 nitrogen and oxygen atoms in total. The minimum absolute atomic E-state index is 0.134. The number of hydrogen-bond acceptors (Lipinski definition) is 3. The van der Waals surface area contributed by atoms with Crippen molar-refractivity contribution in [3.05, 3.63) is 29.6 Å². The van der Waals surface area contributed by atoms with Crippen molar-refractivity contribution in [2.24, 2.45) is 5.92 Å². The molecule has 1 aromatic rings. The van der Waals surface area contributed by atoms with Gasteiger partial charge in [-0.2, -0.15) is 13.2 Å². The van der Waals surface area contributed by atoms with Crippen LogP contribution in [0.25, 0.3) is 0 Å². The van der Waals surface area contributed by atoms with E-state index < -0.39 is 25.4 Å². The van der Waals surface area contributed by atoms with Crippen LogP contribution in [0, 0.1) is 11.7 Å². The lowest BCUT2D eigenvalue weighted by Crippen LogP contribution is -2.19. The molecule has 0 saturated heterocycles. The number of rotatable bonds is 8. The van der Waals surface area contributed by atoms with Gasteiger partial charge in [-0.15, -0.1) is 0 Å². The number of ether oxygens (including phenoxy) is 2. The molecule has 0 aliphatic rings. The predicted molar refractivity (Wildman–Crippen MR) is 70.4 cm³/mol. The Balaban J connectivity index is 2.39. The molecule has 0 aromatic heterocycles. The Hall–Kier alpha value is -1.34. The van der Waals surface area contributed by atoms with Crippen molar-refractivity contribution in [1.29, 1.82) is 0 Å². The van der Waals surface area contributed by atoms with Gasteiger partial charge in [-0.05, 0) is 30.2 Å². The number of halogens is 4. The van der Waals surface area contributed by atoms with Crippen molar-refractivity contribution in [2.45, 2.75) is 26.6 Å². The summed E-state index contributed by atoms with van der Waals surface area (Å²) in [7, 11) is 0. The molecule has 21 heavy (non-hydrogen) atoms. The zero-order valence-corrected chi connectivity index (χ0v) is 12.0. The van der Waals surface area contributed by atoms with Crippen molar-refractivity contribution in [3.8, 4) is 5.75 Å². The first-order valence-electron chi connectivity index (χ1n) is 6.54. The lowest BCUT2D eigenvalue weighted by molar-refractivity contribution is -0.187. The summed E-state index contributed by atoms with van der Waals surface area (Å²) in [6.07, 6.45) is -4.42. The van der Waals surface area contributed by atoms with Crippen LogP contribution in [0.2, 0.25) is 0 Å². The third-order valence-corrected chi connectivity index (χ3v) is 2.44. The molecule has 0 aliphatic heterocycles. The molecular formula is C14H19F4NO2. The molecule has 120 valence electrons. The van der Waals surface area contributed by atoms with Crippen LogP contribution in [0.15, 0.2) is 18.2 Å². The first-order chi connectivity index (χ1) is 9.78. The van der Waals surface area contributed by atoms with E-state index in [1.165, 1.54) is 12.1 Å². The zero-order chi connectivity index (χ0) is 15.9. The normalized spacial score (nSPS) is 12.0. The highest BCUT2D eigenvalue weighted by Crippen LogP contribution is 2.19. The molecule has 1 aromatic carbocycles. The van der Waals surface area contributed by atoms with E-state index in [-0.39, 0.29) is 5.75 Å². The van der Waals surface area contributed by atoms with Gasteiger partial charge in [0.2, 0.25) is 0 Å². The molecule has 0 saturated carbocycles. The Bertz CT molecular complexity index is 435. The molecule has 1 rings (SSSR count). The Labute approximate surface area is 121 Å². The van der Waals surface area contributed by atoms with E-state index in [1.54, 1.807) is 6.07 Å². The lowest BCUT2D eigenvalue weighted by atomic mass is 10.2. The van der Waals surface area contributed by atoms with Gasteiger partial charge in [0.15, 0.2) is 18.4 Å². The Morgan fingerprint density at radius 1 is 1.24 bits per heavy atom. The van der Waals surface area contributed by atoms with Crippen LogP contribution in [-0.2, 0) is 11.3 Å². The van der Waals surface area contributed by atoms with Crippen LogP contribution >= 0.6 is 0 Å². The third kappa shape index (κ3) is 7.87. The van der Waals surface area contributed by atoms with Gasteiger partial charge in [0.05, 0.1) is 0 Å². The molecule has 0 amide bonds. The van der Waals surface area contributed by atoms with Crippen LogP contribution < -0.4 is 10.1 Å². The van der Waals surface area contributed by atoms with E-state index in [0.29, 0.717) is 12.5 Å². The van der Waals surface area contributed by atoms with E-state index in [4.69, 9.17) is 4.74 Å². The molecule has 7 heteroatoms. The van der Waals surface area contributed by atoms with Crippen LogP contribution in [0.4, 0.5) is 17.6 Å². The van der Waals surface area contributed by atoms with Crippen molar-refractivity contribution in [2.75, 3.05) is 19.9 Å². The molecular weight excluding hydrogens is 290 g/mol. The minimum Gasteiger partial charge on any atom is -0.464 e. The van der Waals surface area contributed by atoms with Crippen LogP contribution in [0.5, 0.6) is 5.75 Å². The fraction of sp³-hybridized carbons (Fsp3) is 0.571. The van der Waals surface area contributed by atoms with Gasteiger partial charge in [-0.25, -0.2) is 4.39 Å².